The van der Waals surface area contributed by atoms with Crippen LogP contribution in [0, 0.1) is 19.7 Å². The van der Waals surface area contributed by atoms with Crippen LogP contribution in [0.15, 0.2) is 24.3 Å². The molecule has 1 saturated heterocycles. The van der Waals surface area contributed by atoms with Crippen molar-refractivity contribution in [2.75, 3.05) is 33.3 Å². The fraction of sp³-hybridized carbons (Fsp3) is 0.455. The number of Topliss-reactive ketones (excluding diaryl/α,β-unsaturated/α-hetero) is 1. The minimum Gasteiger partial charge on any atom is -0.496 e. The Morgan fingerprint density at radius 3 is 2.45 bits per heavy atom. The van der Waals surface area contributed by atoms with E-state index in [0.29, 0.717) is 38.5 Å². The van der Waals surface area contributed by atoms with E-state index in [1.165, 1.54) is 12.1 Å². The lowest BCUT2D eigenvalue weighted by Crippen LogP contribution is -2.48. The van der Waals surface area contributed by atoms with Crippen molar-refractivity contribution in [3.05, 3.63) is 51.0 Å². The average Bonchev–Trinajstić information content (AvgIpc) is 3.05. The highest BCUT2D eigenvalue weighted by Crippen LogP contribution is 2.23. The molecule has 3 rings (SSSR count). The van der Waals surface area contributed by atoms with Gasteiger partial charge in [0, 0.05) is 66.4 Å². The molecule has 2 aromatic rings. The minimum absolute atomic E-state index is 0.0194. The normalized spacial score (nSPS) is 14.8. The summed E-state index contributed by atoms with van der Waals surface area (Å²) in [5.41, 5.74) is 1.55. The van der Waals surface area contributed by atoms with Crippen molar-refractivity contribution in [3.63, 3.8) is 0 Å². The Morgan fingerprint density at radius 2 is 1.83 bits per heavy atom. The molecule has 2 heterocycles. The maximum absolute atomic E-state index is 13.6. The second-order valence-electron chi connectivity index (χ2n) is 7.36. The molecule has 1 aliphatic rings. The lowest BCUT2D eigenvalue weighted by Gasteiger charge is -2.35. The van der Waals surface area contributed by atoms with Gasteiger partial charge in [-0.25, -0.2) is 4.39 Å². The molecule has 1 fully saturated rings. The number of benzene rings is 1. The molecule has 1 aromatic carbocycles. The number of rotatable bonds is 7. The maximum atomic E-state index is 13.6. The molecule has 0 unspecified atom stereocenters. The molecule has 1 aromatic heterocycles. The Hall–Kier alpha value is -2.25. The molecule has 0 N–H and O–H groups in total. The second kappa shape index (κ2) is 9.50. The van der Waals surface area contributed by atoms with E-state index in [1.54, 1.807) is 24.5 Å². The molecular weight excluding hydrogens is 391 g/mol. The summed E-state index contributed by atoms with van der Waals surface area (Å²) < 4.78 is 18.9. The van der Waals surface area contributed by atoms with Gasteiger partial charge in [-0.05, 0) is 38.1 Å². The van der Waals surface area contributed by atoms with Gasteiger partial charge < -0.3 is 9.64 Å². The number of halogens is 1. The van der Waals surface area contributed by atoms with Crippen LogP contribution in [-0.4, -0.2) is 54.8 Å². The molecule has 0 spiro atoms. The average molecular weight is 419 g/mol. The standard InChI is InChI=1S/C22H27FN2O3S/c1-15-12-19(16(2)29-15)20(26)5-7-22(27)25-10-8-24(9-11-25)14-17-13-18(23)4-6-21(17)28-3/h4,6,12-13H,5,7-11,14H2,1-3H3. The van der Waals surface area contributed by atoms with Crippen LogP contribution in [0.1, 0.15) is 38.5 Å². The summed E-state index contributed by atoms with van der Waals surface area (Å²) in [6.07, 6.45) is 0.488. The quantitative estimate of drug-likeness (QED) is 0.642. The first kappa shape index (κ1) is 21.5. The van der Waals surface area contributed by atoms with Gasteiger partial charge in [-0.15, -0.1) is 11.3 Å². The largest absolute Gasteiger partial charge is 0.496 e. The third-order valence-corrected chi connectivity index (χ3v) is 6.23. The van der Waals surface area contributed by atoms with Crippen LogP contribution in [0.2, 0.25) is 0 Å². The lowest BCUT2D eigenvalue weighted by atomic mass is 10.1. The SMILES string of the molecule is COc1ccc(F)cc1CN1CCN(C(=O)CCC(=O)c2cc(C)sc2C)CC1. The van der Waals surface area contributed by atoms with Crippen LogP contribution in [0.25, 0.3) is 0 Å². The summed E-state index contributed by atoms with van der Waals surface area (Å²) in [6.45, 7) is 7.16. The Bertz CT molecular complexity index is 888. The number of amides is 1. The topological polar surface area (TPSA) is 49.9 Å². The number of carbonyl (C=O) groups excluding carboxylic acids is 2. The Labute approximate surface area is 175 Å². The van der Waals surface area contributed by atoms with Gasteiger partial charge in [0.25, 0.3) is 0 Å². The number of nitrogens with zero attached hydrogens (tertiary/aromatic N) is 2. The van der Waals surface area contributed by atoms with Crippen LogP contribution in [0.5, 0.6) is 5.75 Å². The predicted octanol–water partition coefficient (Wildman–Crippen LogP) is 3.82. The van der Waals surface area contributed by atoms with E-state index in [9.17, 15) is 14.0 Å². The molecule has 29 heavy (non-hydrogen) atoms. The fourth-order valence-corrected chi connectivity index (χ4v) is 4.63. The van der Waals surface area contributed by atoms with Gasteiger partial charge in [0.1, 0.15) is 11.6 Å². The first-order valence-corrected chi connectivity index (χ1v) is 10.6. The van der Waals surface area contributed by atoms with E-state index in [0.717, 1.165) is 20.9 Å². The zero-order chi connectivity index (χ0) is 21.0. The van der Waals surface area contributed by atoms with Crippen LogP contribution in [-0.2, 0) is 11.3 Å². The molecular formula is C22H27FN2O3S. The molecule has 1 amide bonds. The van der Waals surface area contributed by atoms with E-state index in [4.69, 9.17) is 4.74 Å². The number of carbonyl (C=O) groups is 2. The molecule has 0 bridgehead atoms. The summed E-state index contributed by atoms with van der Waals surface area (Å²) in [4.78, 5) is 31.0. The second-order valence-corrected chi connectivity index (χ2v) is 8.82. The zero-order valence-corrected chi connectivity index (χ0v) is 18.0. The number of ketones is 1. The number of piperazine rings is 1. The van der Waals surface area contributed by atoms with Crippen LogP contribution in [0.4, 0.5) is 4.39 Å². The summed E-state index contributed by atoms with van der Waals surface area (Å²) in [5, 5.41) is 0. The van der Waals surface area contributed by atoms with E-state index in [2.05, 4.69) is 4.90 Å². The number of methoxy groups -OCH3 is 1. The van der Waals surface area contributed by atoms with Crippen molar-refractivity contribution in [1.29, 1.82) is 0 Å². The van der Waals surface area contributed by atoms with E-state index < -0.39 is 0 Å². The van der Waals surface area contributed by atoms with Gasteiger partial charge in [-0.2, -0.15) is 0 Å². The molecule has 0 radical (unpaired) electrons. The van der Waals surface area contributed by atoms with Crippen molar-refractivity contribution in [3.8, 4) is 5.75 Å². The van der Waals surface area contributed by atoms with Crippen molar-refractivity contribution < 1.29 is 18.7 Å². The van der Waals surface area contributed by atoms with Crippen LogP contribution >= 0.6 is 11.3 Å². The van der Waals surface area contributed by atoms with E-state index in [1.807, 2.05) is 24.8 Å². The van der Waals surface area contributed by atoms with Gasteiger partial charge in [-0.1, -0.05) is 0 Å². The minimum atomic E-state index is -0.282. The lowest BCUT2D eigenvalue weighted by molar-refractivity contribution is -0.133. The van der Waals surface area contributed by atoms with Gasteiger partial charge in [0.2, 0.25) is 5.91 Å². The van der Waals surface area contributed by atoms with E-state index in [-0.39, 0.29) is 30.3 Å². The Kier molecular flexibility index (Phi) is 7.03. The number of thiophene rings is 1. The Morgan fingerprint density at radius 1 is 1.10 bits per heavy atom. The van der Waals surface area contributed by atoms with Crippen molar-refractivity contribution >= 4 is 23.0 Å². The van der Waals surface area contributed by atoms with Crippen LogP contribution < -0.4 is 4.74 Å². The molecule has 0 aliphatic carbocycles. The first-order valence-electron chi connectivity index (χ1n) is 9.80. The highest BCUT2D eigenvalue weighted by Gasteiger charge is 2.23. The van der Waals surface area contributed by atoms with Crippen molar-refractivity contribution in [2.24, 2.45) is 0 Å². The summed E-state index contributed by atoms with van der Waals surface area (Å²) in [5.74, 6) is 0.445. The molecule has 156 valence electrons. The highest BCUT2D eigenvalue weighted by atomic mass is 32.1. The third-order valence-electron chi connectivity index (χ3n) is 5.27. The van der Waals surface area contributed by atoms with Gasteiger partial charge in [0.15, 0.2) is 5.78 Å². The van der Waals surface area contributed by atoms with Crippen molar-refractivity contribution in [2.45, 2.75) is 33.2 Å². The monoisotopic (exact) mass is 418 g/mol. The number of hydrogen-bond acceptors (Lipinski definition) is 5. The predicted molar refractivity (Wildman–Crippen MR) is 112 cm³/mol. The molecule has 1 aliphatic heterocycles. The summed E-state index contributed by atoms with van der Waals surface area (Å²) in [6, 6.07) is 6.43. The first-order chi connectivity index (χ1) is 13.9. The highest BCUT2D eigenvalue weighted by molar-refractivity contribution is 7.12. The van der Waals surface area contributed by atoms with Crippen molar-refractivity contribution in [1.82, 2.24) is 9.80 Å². The maximum Gasteiger partial charge on any atom is 0.223 e. The Balaban J connectivity index is 1.48. The summed E-state index contributed by atoms with van der Waals surface area (Å²) in [7, 11) is 1.58. The smallest absolute Gasteiger partial charge is 0.223 e. The molecule has 0 saturated carbocycles. The van der Waals surface area contributed by atoms with Gasteiger partial charge in [0.05, 0.1) is 7.11 Å². The summed E-state index contributed by atoms with van der Waals surface area (Å²) >= 11 is 1.61. The molecule has 0 atom stereocenters. The molecule has 7 heteroatoms. The van der Waals surface area contributed by atoms with Crippen LogP contribution in [0.3, 0.4) is 0 Å². The number of ether oxygens (including phenoxy) is 1. The number of aryl methyl sites for hydroxylation is 2. The molecule has 5 nitrogen and oxygen atoms in total. The number of hydrogen-bond donors (Lipinski definition) is 0. The van der Waals surface area contributed by atoms with Gasteiger partial charge >= 0.3 is 0 Å². The van der Waals surface area contributed by atoms with E-state index >= 15 is 0 Å². The zero-order valence-electron chi connectivity index (χ0n) is 17.2. The fourth-order valence-electron chi connectivity index (χ4n) is 3.69. The van der Waals surface area contributed by atoms with Gasteiger partial charge in [-0.3, -0.25) is 14.5 Å². The third kappa shape index (κ3) is 5.42.